The minimum atomic E-state index is 0.141. The van der Waals surface area contributed by atoms with Crippen LogP contribution in [-0.2, 0) is 13.1 Å². The third-order valence-corrected chi connectivity index (χ3v) is 4.26. The number of nitrogens with zero attached hydrogens (tertiary/aromatic N) is 2. The maximum absolute atomic E-state index is 11.6. The molecule has 19 heavy (non-hydrogen) atoms. The molecule has 0 unspecified atom stereocenters. The maximum atomic E-state index is 11.6. The Hall–Kier alpha value is -1.39. The van der Waals surface area contributed by atoms with Gasteiger partial charge in [-0.1, -0.05) is 35.6 Å². The van der Waals surface area contributed by atoms with E-state index in [0.717, 1.165) is 25.3 Å². The van der Waals surface area contributed by atoms with Gasteiger partial charge < -0.3 is 9.47 Å². The Bertz CT molecular complexity index is 600. The lowest BCUT2D eigenvalue weighted by molar-refractivity contribution is 0.309. The molecule has 2 aromatic rings. The molecule has 2 rings (SSSR count). The average Bonchev–Trinajstić information content (AvgIpc) is 2.70. The van der Waals surface area contributed by atoms with Gasteiger partial charge in [0.05, 0.1) is 0 Å². The summed E-state index contributed by atoms with van der Waals surface area (Å²) in [5.74, 6) is 0. The van der Waals surface area contributed by atoms with Gasteiger partial charge in [-0.05, 0) is 32.0 Å². The normalized spacial score (nSPS) is 11.2. The van der Waals surface area contributed by atoms with Crippen molar-refractivity contribution in [2.45, 2.75) is 26.9 Å². The van der Waals surface area contributed by atoms with Crippen LogP contribution in [0.4, 0.5) is 0 Å². The molecule has 102 valence electrons. The van der Waals surface area contributed by atoms with Crippen LogP contribution in [0.5, 0.6) is 0 Å². The molecule has 1 heterocycles. The number of benzene rings is 1. The molecule has 0 bridgehead atoms. The summed E-state index contributed by atoms with van der Waals surface area (Å²) in [5.41, 5.74) is 3.72. The summed E-state index contributed by atoms with van der Waals surface area (Å²) in [4.78, 5) is 14.0. The summed E-state index contributed by atoms with van der Waals surface area (Å²) in [6.07, 6.45) is 0. The van der Waals surface area contributed by atoms with E-state index in [1.807, 2.05) is 16.9 Å². The standard InChI is InChI=1S/C15H20N2OS/c1-12-6-4-5-7-14(12)10-16(3)8-9-17-13(2)11-19-15(17)18/h4-7,11H,8-10H2,1-3H3. The van der Waals surface area contributed by atoms with E-state index in [0.29, 0.717) is 0 Å². The lowest BCUT2D eigenvalue weighted by atomic mass is 10.1. The summed E-state index contributed by atoms with van der Waals surface area (Å²) in [7, 11) is 2.10. The fourth-order valence-corrected chi connectivity index (χ4v) is 2.86. The lowest BCUT2D eigenvalue weighted by Crippen LogP contribution is -2.26. The largest absolute Gasteiger partial charge is 0.307 e. The molecule has 0 fully saturated rings. The smallest absolute Gasteiger partial charge is 0.302 e. The van der Waals surface area contributed by atoms with Crippen molar-refractivity contribution < 1.29 is 0 Å². The van der Waals surface area contributed by atoms with Crippen molar-refractivity contribution in [3.05, 3.63) is 56.1 Å². The van der Waals surface area contributed by atoms with E-state index < -0.39 is 0 Å². The van der Waals surface area contributed by atoms with Crippen LogP contribution in [0.2, 0.25) is 0 Å². The minimum absolute atomic E-state index is 0.141. The van der Waals surface area contributed by atoms with E-state index in [9.17, 15) is 4.79 Å². The predicted octanol–water partition coefficient (Wildman–Crippen LogP) is 2.66. The van der Waals surface area contributed by atoms with Gasteiger partial charge in [-0.15, -0.1) is 0 Å². The van der Waals surface area contributed by atoms with Crippen molar-refractivity contribution in [1.82, 2.24) is 9.47 Å². The van der Waals surface area contributed by atoms with E-state index in [2.05, 4.69) is 43.1 Å². The Balaban J connectivity index is 1.94. The second kappa shape index (κ2) is 6.17. The van der Waals surface area contributed by atoms with E-state index in [4.69, 9.17) is 0 Å². The van der Waals surface area contributed by atoms with Gasteiger partial charge in [0, 0.05) is 30.7 Å². The first-order valence-corrected chi connectivity index (χ1v) is 7.34. The highest BCUT2D eigenvalue weighted by Crippen LogP contribution is 2.09. The molecule has 0 saturated heterocycles. The number of aromatic nitrogens is 1. The van der Waals surface area contributed by atoms with E-state index in [-0.39, 0.29) is 4.87 Å². The molecule has 0 saturated carbocycles. The zero-order chi connectivity index (χ0) is 13.8. The van der Waals surface area contributed by atoms with Crippen LogP contribution in [0.1, 0.15) is 16.8 Å². The van der Waals surface area contributed by atoms with Gasteiger partial charge in [-0.2, -0.15) is 0 Å². The first-order valence-electron chi connectivity index (χ1n) is 6.46. The van der Waals surface area contributed by atoms with Crippen LogP contribution in [0.3, 0.4) is 0 Å². The maximum Gasteiger partial charge on any atom is 0.307 e. The van der Waals surface area contributed by atoms with Crippen molar-refractivity contribution in [1.29, 1.82) is 0 Å². The van der Waals surface area contributed by atoms with Gasteiger partial charge in [0.2, 0.25) is 0 Å². The predicted molar refractivity (Wildman–Crippen MR) is 80.8 cm³/mol. The highest BCUT2D eigenvalue weighted by molar-refractivity contribution is 7.07. The summed E-state index contributed by atoms with van der Waals surface area (Å²) in [6.45, 7) is 6.68. The summed E-state index contributed by atoms with van der Waals surface area (Å²) >= 11 is 1.28. The molecule has 0 atom stereocenters. The van der Waals surface area contributed by atoms with Crippen molar-refractivity contribution in [2.24, 2.45) is 0 Å². The van der Waals surface area contributed by atoms with Crippen LogP contribution in [-0.4, -0.2) is 23.1 Å². The molecule has 0 aliphatic rings. The SMILES string of the molecule is Cc1ccccc1CN(C)CCn1c(C)csc1=O. The Morgan fingerprint density at radius 1 is 1.26 bits per heavy atom. The zero-order valence-electron chi connectivity index (χ0n) is 11.7. The summed E-state index contributed by atoms with van der Waals surface area (Å²) < 4.78 is 1.85. The van der Waals surface area contributed by atoms with E-state index >= 15 is 0 Å². The third kappa shape index (κ3) is 3.55. The second-order valence-corrected chi connectivity index (χ2v) is 5.78. The molecule has 0 aliphatic carbocycles. The molecular weight excluding hydrogens is 256 g/mol. The summed E-state index contributed by atoms with van der Waals surface area (Å²) in [6, 6.07) is 8.43. The number of aryl methyl sites for hydroxylation is 2. The Morgan fingerprint density at radius 3 is 2.63 bits per heavy atom. The molecule has 1 aromatic heterocycles. The van der Waals surface area contributed by atoms with Crippen LogP contribution < -0.4 is 4.87 Å². The van der Waals surface area contributed by atoms with Crippen molar-refractivity contribution >= 4 is 11.3 Å². The molecule has 0 radical (unpaired) electrons. The van der Waals surface area contributed by atoms with Crippen molar-refractivity contribution in [3.8, 4) is 0 Å². The van der Waals surface area contributed by atoms with Crippen LogP contribution in [0, 0.1) is 13.8 Å². The van der Waals surface area contributed by atoms with E-state index in [1.165, 1.54) is 22.5 Å². The van der Waals surface area contributed by atoms with Gasteiger partial charge in [-0.25, -0.2) is 0 Å². The molecule has 0 amide bonds. The number of hydrogen-bond acceptors (Lipinski definition) is 3. The van der Waals surface area contributed by atoms with E-state index in [1.54, 1.807) is 0 Å². The van der Waals surface area contributed by atoms with Crippen molar-refractivity contribution in [3.63, 3.8) is 0 Å². The minimum Gasteiger partial charge on any atom is -0.302 e. The quantitative estimate of drug-likeness (QED) is 0.839. The van der Waals surface area contributed by atoms with Gasteiger partial charge in [0.25, 0.3) is 0 Å². The Morgan fingerprint density at radius 2 is 2.00 bits per heavy atom. The molecule has 1 aromatic carbocycles. The molecule has 0 spiro atoms. The second-order valence-electron chi connectivity index (χ2n) is 4.96. The van der Waals surface area contributed by atoms with Crippen LogP contribution >= 0.6 is 11.3 Å². The molecular formula is C15H20N2OS. The third-order valence-electron chi connectivity index (χ3n) is 3.38. The van der Waals surface area contributed by atoms with Gasteiger partial charge in [-0.3, -0.25) is 4.79 Å². The molecule has 3 nitrogen and oxygen atoms in total. The highest BCUT2D eigenvalue weighted by Gasteiger charge is 2.06. The average molecular weight is 276 g/mol. The number of thiazole rings is 1. The van der Waals surface area contributed by atoms with Gasteiger partial charge >= 0.3 is 4.87 Å². The number of hydrogen-bond donors (Lipinski definition) is 0. The Kier molecular flexibility index (Phi) is 4.56. The molecule has 0 N–H and O–H groups in total. The first-order chi connectivity index (χ1) is 9.08. The fourth-order valence-electron chi connectivity index (χ4n) is 2.10. The fraction of sp³-hybridized carbons (Fsp3) is 0.400. The molecule has 4 heteroatoms. The number of likely N-dealkylation sites (N-methyl/N-ethyl adjacent to an activating group) is 1. The first kappa shape index (κ1) is 14.0. The van der Waals surface area contributed by atoms with Crippen molar-refractivity contribution in [2.75, 3.05) is 13.6 Å². The zero-order valence-corrected chi connectivity index (χ0v) is 12.5. The van der Waals surface area contributed by atoms with Crippen LogP contribution in [0.15, 0.2) is 34.4 Å². The van der Waals surface area contributed by atoms with Crippen LogP contribution in [0.25, 0.3) is 0 Å². The highest BCUT2D eigenvalue weighted by atomic mass is 32.1. The van der Waals surface area contributed by atoms with Gasteiger partial charge in [0.15, 0.2) is 0 Å². The summed E-state index contributed by atoms with van der Waals surface area (Å²) in [5, 5.41) is 1.92. The molecule has 0 aliphatic heterocycles. The van der Waals surface area contributed by atoms with Gasteiger partial charge in [0.1, 0.15) is 0 Å². The lowest BCUT2D eigenvalue weighted by Gasteiger charge is -2.18. The topological polar surface area (TPSA) is 25.2 Å². The number of rotatable bonds is 5. The monoisotopic (exact) mass is 276 g/mol. The Labute approximate surface area is 118 Å².